The number of rotatable bonds is 7. The van der Waals surface area contributed by atoms with Gasteiger partial charge in [-0.25, -0.2) is 4.98 Å². The highest BCUT2D eigenvalue weighted by Gasteiger charge is 2.35. The fourth-order valence-corrected chi connectivity index (χ4v) is 4.50. The van der Waals surface area contributed by atoms with Crippen LogP contribution in [0.2, 0.25) is 0 Å². The Morgan fingerprint density at radius 1 is 1.03 bits per heavy atom. The summed E-state index contributed by atoms with van der Waals surface area (Å²) < 4.78 is 7.92. The van der Waals surface area contributed by atoms with Gasteiger partial charge in [0.2, 0.25) is 5.91 Å². The van der Waals surface area contributed by atoms with Crippen LogP contribution in [-0.4, -0.2) is 39.8 Å². The molecule has 0 unspecified atom stereocenters. The lowest BCUT2D eigenvalue weighted by atomic mass is 10.1. The Balaban J connectivity index is 1.39. The predicted molar refractivity (Wildman–Crippen MR) is 129 cm³/mol. The number of imidazole rings is 1. The molecule has 2 atom stereocenters. The molecule has 0 radical (unpaired) electrons. The first-order chi connectivity index (χ1) is 16.1. The lowest BCUT2D eigenvalue weighted by molar-refractivity contribution is -0.117. The fourth-order valence-electron chi connectivity index (χ4n) is 4.50. The van der Waals surface area contributed by atoms with Crippen molar-refractivity contribution in [2.24, 2.45) is 0 Å². The molecule has 6 heteroatoms. The number of hydrogen-bond acceptors (Lipinski definition) is 4. The van der Waals surface area contributed by atoms with Gasteiger partial charge >= 0.3 is 0 Å². The number of ether oxygens (including phenoxy) is 1. The standard InChI is InChI=1S/C27H27N3O3/c1-19-9-5-8-14-25(19)33-18-22(31)17-30-24-13-7-6-12-23(24)28-27(30)20-15-26(32)29(16-20)21-10-3-2-4-11-21/h2-14,20,22,31H,15-18H2,1H3/t20-,22+/m0/s1. The molecule has 0 saturated carbocycles. The largest absolute Gasteiger partial charge is 0.491 e. The zero-order chi connectivity index (χ0) is 22.8. The van der Waals surface area contributed by atoms with Gasteiger partial charge in [0, 0.05) is 24.6 Å². The van der Waals surface area contributed by atoms with Gasteiger partial charge in [-0.05, 0) is 42.8 Å². The Hall–Kier alpha value is -3.64. The van der Waals surface area contributed by atoms with Crippen molar-refractivity contribution in [1.29, 1.82) is 0 Å². The molecule has 1 fully saturated rings. The number of amides is 1. The summed E-state index contributed by atoms with van der Waals surface area (Å²) in [7, 11) is 0. The van der Waals surface area contributed by atoms with E-state index in [0.717, 1.165) is 33.9 Å². The number of anilines is 1. The number of aliphatic hydroxyl groups is 1. The van der Waals surface area contributed by atoms with E-state index in [9.17, 15) is 9.90 Å². The van der Waals surface area contributed by atoms with Crippen molar-refractivity contribution in [2.75, 3.05) is 18.1 Å². The zero-order valence-corrected chi connectivity index (χ0v) is 18.6. The van der Waals surface area contributed by atoms with Gasteiger partial charge in [0.15, 0.2) is 0 Å². The van der Waals surface area contributed by atoms with Crippen LogP contribution >= 0.6 is 0 Å². The number of fused-ring (bicyclic) bond motifs is 1. The first-order valence-corrected chi connectivity index (χ1v) is 11.3. The predicted octanol–water partition coefficient (Wildman–Crippen LogP) is 4.31. The Labute approximate surface area is 193 Å². The maximum absolute atomic E-state index is 12.8. The second kappa shape index (κ2) is 9.08. The molecule has 1 amide bonds. The van der Waals surface area contributed by atoms with Crippen molar-refractivity contribution in [3.63, 3.8) is 0 Å². The molecule has 0 spiro atoms. The normalized spacial score (nSPS) is 17.0. The average molecular weight is 442 g/mol. The van der Waals surface area contributed by atoms with E-state index in [4.69, 9.17) is 9.72 Å². The van der Waals surface area contributed by atoms with Crippen LogP contribution in [0.3, 0.4) is 0 Å². The molecule has 2 heterocycles. The zero-order valence-electron chi connectivity index (χ0n) is 18.6. The van der Waals surface area contributed by atoms with E-state index in [0.29, 0.717) is 19.5 Å². The van der Waals surface area contributed by atoms with E-state index in [1.54, 1.807) is 0 Å². The first kappa shape index (κ1) is 21.2. The Morgan fingerprint density at radius 2 is 1.76 bits per heavy atom. The SMILES string of the molecule is Cc1ccccc1OC[C@H](O)Cn1c([C@H]2CC(=O)N(c3ccccc3)C2)nc2ccccc21. The smallest absolute Gasteiger partial charge is 0.227 e. The molecular weight excluding hydrogens is 414 g/mol. The minimum atomic E-state index is -0.719. The second-order valence-electron chi connectivity index (χ2n) is 8.54. The monoisotopic (exact) mass is 441 g/mol. The van der Waals surface area contributed by atoms with E-state index >= 15 is 0 Å². The molecule has 0 bridgehead atoms. The van der Waals surface area contributed by atoms with Crippen molar-refractivity contribution >= 4 is 22.6 Å². The van der Waals surface area contributed by atoms with Gasteiger partial charge in [0.1, 0.15) is 24.3 Å². The van der Waals surface area contributed by atoms with Crippen molar-refractivity contribution in [1.82, 2.24) is 9.55 Å². The van der Waals surface area contributed by atoms with Crippen molar-refractivity contribution in [3.05, 3.63) is 90.3 Å². The lowest BCUT2D eigenvalue weighted by Crippen LogP contribution is -2.26. The van der Waals surface area contributed by atoms with Crippen molar-refractivity contribution in [3.8, 4) is 5.75 Å². The van der Waals surface area contributed by atoms with Gasteiger partial charge < -0.3 is 19.3 Å². The molecule has 1 N–H and O–H groups in total. The number of aliphatic hydroxyl groups excluding tert-OH is 1. The molecule has 1 aliphatic rings. The van der Waals surface area contributed by atoms with E-state index < -0.39 is 6.10 Å². The fraction of sp³-hybridized carbons (Fsp3) is 0.259. The number of benzene rings is 3. The van der Waals surface area contributed by atoms with Crippen molar-refractivity contribution in [2.45, 2.75) is 31.9 Å². The van der Waals surface area contributed by atoms with Crippen LogP contribution in [-0.2, 0) is 11.3 Å². The number of hydrogen-bond donors (Lipinski definition) is 1. The van der Waals surface area contributed by atoms with Crippen LogP contribution in [0.5, 0.6) is 5.75 Å². The van der Waals surface area contributed by atoms with E-state index in [2.05, 4.69) is 0 Å². The second-order valence-corrected chi connectivity index (χ2v) is 8.54. The molecule has 6 nitrogen and oxygen atoms in total. The number of nitrogens with zero attached hydrogens (tertiary/aromatic N) is 3. The maximum Gasteiger partial charge on any atom is 0.227 e. The summed E-state index contributed by atoms with van der Waals surface area (Å²) in [5, 5.41) is 10.8. The van der Waals surface area contributed by atoms with E-state index in [-0.39, 0.29) is 18.4 Å². The summed E-state index contributed by atoms with van der Waals surface area (Å²) >= 11 is 0. The molecule has 3 aromatic carbocycles. The lowest BCUT2D eigenvalue weighted by Gasteiger charge is -2.19. The maximum atomic E-state index is 12.8. The minimum absolute atomic E-state index is 0.0467. The van der Waals surface area contributed by atoms with Gasteiger partial charge in [-0.1, -0.05) is 48.5 Å². The highest BCUT2D eigenvalue weighted by atomic mass is 16.5. The summed E-state index contributed by atoms with van der Waals surface area (Å²) in [6.45, 7) is 3.08. The van der Waals surface area contributed by atoms with Crippen LogP contribution in [0.4, 0.5) is 5.69 Å². The number of aromatic nitrogens is 2. The van der Waals surface area contributed by atoms with Crippen LogP contribution in [0.15, 0.2) is 78.9 Å². The summed E-state index contributed by atoms with van der Waals surface area (Å²) in [6.07, 6.45) is -0.322. The van der Waals surface area contributed by atoms with E-state index in [1.165, 1.54) is 0 Å². The van der Waals surface area contributed by atoms with E-state index in [1.807, 2.05) is 95.3 Å². The van der Waals surface area contributed by atoms with Crippen LogP contribution in [0.1, 0.15) is 23.7 Å². The summed E-state index contributed by atoms with van der Waals surface area (Å²) in [5.41, 5.74) is 3.75. The van der Waals surface area contributed by atoms with Crippen LogP contribution in [0, 0.1) is 6.92 Å². The van der Waals surface area contributed by atoms with Gasteiger partial charge in [-0.15, -0.1) is 0 Å². The third-order valence-corrected chi connectivity index (χ3v) is 6.16. The third kappa shape index (κ3) is 4.34. The van der Waals surface area contributed by atoms with Crippen LogP contribution in [0.25, 0.3) is 11.0 Å². The Bertz CT molecular complexity index is 1270. The Kier molecular flexibility index (Phi) is 5.84. The highest BCUT2D eigenvalue weighted by Crippen LogP contribution is 2.33. The molecule has 5 rings (SSSR count). The molecule has 1 saturated heterocycles. The highest BCUT2D eigenvalue weighted by molar-refractivity contribution is 5.96. The van der Waals surface area contributed by atoms with Gasteiger partial charge in [0.25, 0.3) is 0 Å². The minimum Gasteiger partial charge on any atom is -0.491 e. The molecule has 33 heavy (non-hydrogen) atoms. The molecule has 168 valence electrons. The topological polar surface area (TPSA) is 67.6 Å². The summed E-state index contributed by atoms with van der Waals surface area (Å²) in [5.74, 6) is 1.65. The first-order valence-electron chi connectivity index (χ1n) is 11.3. The average Bonchev–Trinajstić information content (AvgIpc) is 3.40. The summed E-state index contributed by atoms with van der Waals surface area (Å²) in [6, 6.07) is 25.4. The third-order valence-electron chi connectivity index (χ3n) is 6.16. The molecule has 1 aliphatic heterocycles. The summed E-state index contributed by atoms with van der Waals surface area (Å²) in [4.78, 5) is 19.5. The number of aryl methyl sites for hydroxylation is 1. The molecule has 1 aromatic heterocycles. The Morgan fingerprint density at radius 3 is 2.58 bits per heavy atom. The molecule has 4 aromatic rings. The van der Waals surface area contributed by atoms with Gasteiger partial charge in [0.05, 0.1) is 17.6 Å². The number of carbonyl (C=O) groups is 1. The van der Waals surface area contributed by atoms with Crippen LogP contribution < -0.4 is 9.64 Å². The number of para-hydroxylation sites is 4. The molecule has 0 aliphatic carbocycles. The number of carbonyl (C=O) groups excluding carboxylic acids is 1. The van der Waals surface area contributed by atoms with Gasteiger partial charge in [-0.3, -0.25) is 4.79 Å². The molecular formula is C27H27N3O3. The quantitative estimate of drug-likeness (QED) is 0.464. The van der Waals surface area contributed by atoms with Gasteiger partial charge in [-0.2, -0.15) is 0 Å². The van der Waals surface area contributed by atoms with Crippen molar-refractivity contribution < 1.29 is 14.6 Å².